The molecule has 15 heavy (non-hydrogen) atoms. The maximum Gasteiger partial charge on any atom is 0.224 e. The lowest BCUT2D eigenvalue weighted by molar-refractivity contribution is -0.129. The van der Waals surface area contributed by atoms with Crippen LogP contribution in [0.25, 0.3) is 0 Å². The molecule has 3 N–H and O–H groups in total. The van der Waals surface area contributed by atoms with Crippen LogP contribution in [0.15, 0.2) is 18.5 Å². The van der Waals surface area contributed by atoms with Gasteiger partial charge in [-0.15, -0.1) is 0 Å². The second-order valence-electron chi connectivity index (χ2n) is 4.04. The molecule has 1 fully saturated rings. The van der Waals surface area contributed by atoms with Gasteiger partial charge in [0.05, 0.1) is 6.04 Å². The minimum atomic E-state index is -0.0696. The van der Waals surface area contributed by atoms with Crippen molar-refractivity contribution in [1.29, 1.82) is 0 Å². The minimum Gasteiger partial charge on any atom is -0.367 e. The number of likely N-dealkylation sites (tertiary alicyclic amines) is 1. The van der Waals surface area contributed by atoms with Crippen LogP contribution in [0.3, 0.4) is 0 Å². The van der Waals surface area contributed by atoms with E-state index in [1.165, 1.54) is 0 Å². The second kappa shape index (κ2) is 4.06. The highest BCUT2D eigenvalue weighted by Gasteiger charge is 2.37. The third-order valence-corrected chi connectivity index (χ3v) is 2.90. The lowest BCUT2D eigenvalue weighted by Crippen LogP contribution is -2.33. The summed E-state index contributed by atoms with van der Waals surface area (Å²) < 4.78 is 0. The zero-order chi connectivity index (χ0) is 10.8. The van der Waals surface area contributed by atoms with E-state index in [4.69, 9.17) is 5.73 Å². The van der Waals surface area contributed by atoms with Crippen LogP contribution in [0.1, 0.15) is 31.4 Å². The Morgan fingerprint density at radius 3 is 3.07 bits per heavy atom. The molecule has 0 spiro atoms. The Hall–Kier alpha value is -1.29. The molecule has 2 rings (SSSR count). The largest absolute Gasteiger partial charge is 0.367 e. The SMILES string of the molecule is CCCN1C(=O)C[C@H](N)[C@H]1c1cc[nH]c1. The van der Waals surface area contributed by atoms with Crippen molar-refractivity contribution in [2.75, 3.05) is 6.54 Å². The molecule has 4 heteroatoms. The minimum absolute atomic E-state index is 0.0590. The summed E-state index contributed by atoms with van der Waals surface area (Å²) in [5.74, 6) is 0.176. The van der Waals surface area contributed by atoms with E-state index in [0.717, 1.165) is 18.5 Å². The Bertz CT molecular complexity index is 334. The van der Waals surface area contributed by atoms with E-state index in [0.29, 0.717) is 6.42 Å². The number of aromatic nitrogens is 1. The van der Waals surface area contributed by atoms with Gasteiger partial charge in [0, 0.05) is 31.4 Å². The summed E-state index contributed by atoms with van der Waals surface area (Å²) in [5.41, 5.74) is 7.12. The summed E-state index contributed by atoms with van der Waals surface area (Å²) in [6, 6.07) is 1.98. The molecule has 0 aromatic carbocycles. The van der Waals surface area contributed by atoms with Gasteiger partial charge in [0.15, 0.2) is 0 Å². The lowest BCUT2D eigenvalue weighted by atomic mass is 10.0. The van der Waals surface area contributed by atoms with Gasteiger partial charge in [-0.2, -0.15) is 0 Å². The Labute approximate surface area is 89.5 Å². The van der Waals surface area contributed by atoms with Gasteiger partial charge < -0.3 is 15.6 Å². The van der Waals surface area contributed by atoms with Crippen LogP contribution in [0.4, 0.5) is 0 Å². The van der Waals surface area contributed by atoms with Gasteiger partial charge in [0.1, 0.15) is 0 Å². The molecule has 0 saturated carbocycles. The highest BCUT2D eigenvalue weighted by Crippen LogP contribution is 2.31. The van der Waals surface area contributed by atoms with Crippen LogP contribution in [0, 0.1) is 0 Å². The number of nitrogens with two attached hydrogens (primary N) is 1. The van der Waals surface area contributed by atoms with Gasteiger partial charge in [0.25, 0.3) is 0 Å². The van der Waals surface area contributed by atoms with Crippen molar-refractivity contribution in [2.24, 2.45) is 5.73 Å². The number of H-pyrrole nitrogens is 1. The van der Waals surface area contributed by atoms with Crippen molar-refractivity contribution in [1.82, 2.24) is 9.88 Å². The molecule has 0 bridgehead atoms. The third kappa shape index (κ3) is 1.77. The first-order valence-corrected chi connectivity index (χ1v) is 5.41. The predicted octanol–water partition coefficient (Wildman–Crippen LogP) is 1.03. The molecule has 1 saturated heterocycles. The van der Waals surface area contributed by atoms with Gasteiger partial charge in [0.2, 0.25) is 5.91 Å². The quantitative estimate of drug-likeness (QED) is 0.777. The number of hydrogen-bond donors (Lipinski definition) is 2. The van der Waals surface area contributed by atoms with Gasteiger partial charge in [-0.3, -0.25) is 4.79 Å². The molecule has 2 heterocycles. The zero-order valence-corrected chi connectivity index (χ0v) is 8.94. The Kier molecular flexibility index (Phi) is 2.77. The maximum atomic E-state index is 11.7. The Balaban J connectivity index is 2.23. The number of carbonyl (C=O) groups is 1. The molecular formula is C11H17N3O. The highest BCUT2D eigenvalue weighted by atomic mass is 16.2. The summed E-state index contributed by atoms with van der Waals surface area (Å²) in [4.78, 5) is 16.6. The van der Waals surface area contributed by atoms with Crippen LogP contribution in [-0.2, 0) is 4.79 Å². The number of nitrogens with one attached hydrogen (secondary N) is 1. The van der Waals surface area contributed by atoms with E-state index >= 15 is 0 Å². The summed E-state index contributed by atoms with van der Waals surface area (Å²) >= 11 is 0. The van der Waals surface area contributed by atoms with Crippen molar-refractivity contribution in [3.63, 3.8) is 0 Å². The van der Waals surface area contributed by atoms with E-state index in [9.17, 15) is 4.79 Å². The fraction of sp³-hybridized carbons (Fsp3) is 0.545. The van der Waals surface area contributed by atoms with E-state index < -0.39 is 0 Å². The average Bonchev–Trinajstić information content (AvgIpc) is 2.77. The predicted molar refractivity (Wildman–Crippen MR) is 58.1 cm³/mol. The van der Waals surface area contributed by atoms with Crippen molar-refractivity contribution >= 4 is 5.91 Å². The summed E-state index contributed by atoms with van der Waals surface area (Å²) in [5, 5.41) is 0. The summed E-state index contributed by atoms with van der Waals surface area (Å²) in [6.07, 6.45) is 5.23. The van der Waals surface area contributed by atoms with Crippen molar-refractivity contribution in [2.45, 2.75) is 31.8 Å². The van der Waals surface area contributed by atoms with E-state index in [-0.39, 0.29) is 18.0 Å². The van der Waals surface area contributed by atoms with Crippen LogP contribution in [0.5, 0.6) is 0 Å². The highest BCUT2D eigenvalue weighted by molar-refractivity contribution is 5.80. The molecule has 1 aromatic rings. The smallest absolute Gasteiger partial charge is 0.224 e. The standard InChI is InChI=1S/C11H17N3O/c1-2-5-14-10(15)6-9(12)11(14)8-3-4-13-7-8/h3-4,7,9,11,13H,2,5-6,12H2,1H3/t9-,11+/m0/s1. The number of nitrogens with zero attached hydrogens (tertiary/aromatic N) is 1. The molecule has 1 aliphatic heterocycles. The van der Waals surface area contributed by atoms with Crippen LogP contribution in [-0.4, -0.2) is 28.4 Å². The molecule has 0 radical (unpaired) electrons. The van der Waals surface area contributed by atoms with Crippen LogP contribution >= 0.6 is 0 Å². The molecule has 1 aliphatic rings. The summed E-state index contributed by atoms with van der Waals surface area (Å²) in [7, 11) is 0. The maximum absolute atomic E-state index is 11.7. The van der Waals surface area contributed by atoms with Gasteiger partial charge in [-0.1, -0.05) is 6.92 Å². The molecule has 1 amide bonds. The van der Waals surface area contributed by atoms with Gasteiger partial charge >= 0.3 is 0 Å². The molecule has 4 nitrogen and oxygen atoms in total. The third-order valence-electron chi connectivity index (χ3n) is 2.90. The fourth-order valence-corrected chi connectivity index (χ4v) is 2.27. The average molecular weight is 207 g/mol. The number of aromatic amines is 1. The van der Waals surface area contributed by atoms with Gasteiger partial charge in [-0.05, 0) is 18.1 Å². The topological polar surface area (TPSA) is 62.1 Å². The molecule has 2 atom stereocenters. The normalized spacial score (nSPS) is 26.3. The number of amides is 1. The van der Waals surface area contributed by atoms with Crippen molar-refractivity contribution in [3.8, 4) is 0 Å². The first-order chi connectivity index (χ1) is 7.24. The second-order valence-corrected chi connectivity index (χ2v) is 4.04. The molecule has 82 valence electrons. The molecule has 0 unspecified atom stereocenters. The van der Waals surface area contributed by atoms with E-state index in [2.05, 4.69) is 11.9 Å². The van der Waals surface area contributed by atoms with E-state index in [1.807, 2.05) is 23.4 Å². The first-order valence-electron chi connectivity index (χ1n) is 5.41. The van der Waals surface area contributed by atoms with Crippen LogP contribution in [0.2, 0.25) is 0 Å². The summed E-state index contributed by atoms with van der Waals surface area (Å²) in [6.45, 7) is 2.87. The van der Waals surface area contributed by atoms with Crippen molar-refractivity contribution in [3.05, 3.63) is 24.0 Å². The Morgan fingerprint density at radius 2 is 2.47 bits per heavy atom. The number of hydrogen-bond acceptors (Lipinski definition) is 2. The zero-order valence-electron chi connectivity index (χ0n) is 8.94. The van der Waals surface area contributed by atoms with Crippen LogP contribution < -0.4 is 5.73 Å². The van der Waals surface area contributed by atoms with Gasteiger partial charge in [-0.25, -0.2) is 0 Å². The molecular weight excluding hydrogens is 190 g/mol. The number of rotatable bonds is 3. The first kappa shape index (κ1) is 10.2. The monoisotopic (exact) mass is 207 g/mol. The van der Waals surface area contributed by atoms with Crippen molar-refractivity contribution < 1.29 is 4.79 Å². The molecule has 0 aliphatic carbocycles. The fourth-order valence-electron chi connectivity index (χ4n) is 2.27. The number of carbonyl (C=O) groups excluding carboxylic acids is 1. The molecule has 1 aromatic heterocycles. The Morgan fingerprint density at radius 1 is 1.67 bits per heavy atom. The lowest BCUT2D eigenvalue weighted by Gasteiger charge is -2.25. The van der Waals surface area contributed by atoms with E-state index in [1.54, 1.807) is 0 Å².